The summed E-state index contributed by atoms with van der Waals surface area (Å²) >= 11 is 0. The summed E-state index contributed by atoms with van der Waals surface area (Å²) in [5.41, 5.74) is 1.18. The van der Waals surface area contributed by atoms with Gasteiger partial charge in [0.1, 0.15) is 0 Å². The number of rotatable bonds is 6. The molecule has 2 rings (SSSR count). The molecule has 1 aliphatic rings. The third-order valence-electron chi connectivity index (χ3n) is 4.07. The molecule has 1 aromatic rings. The normalized spacial score (nSPS) is 21.1. The number of hydrogen-bond donors (Lipinski definition) is 2. The van der Waals surface area contributed by atoms with Crippen LogP contribution in [-0.4, -0.2) is 27.0 Å². The average molecular weight is 310 g/mol. The van der Waals surface area contributed by atoms with Crippen LogP contribution in [0.1, 0.15) is 45.1 Å². The van der Waals surface area contributed by atoms with Crippen molar-refractivity contribution in [3.8, 4) is 0 Å². The number of aryl methyl sites for hydroxylation is 1. The van der Waals surface area contributed by atoms with E-state index in [2.05, 4.69) is 17.0 Å². The van der Waals surface area contributed by atoms with Crippen molar-refractivity contribution in [2.45, 2.75) is 62.9 Å². The molecule has 4 nitrogen and oxygen atoms in total. The first kappa shape index (κ1) is 16.5. The summed E-state index contributed by atoms with van der Waals surface area (Å²) in [6.07, 6.45) is 5.41. The minimum atomic E-state index is -3.43. The second-order valence-electron chi connectivity index (χ2n) is 5.86. The third kappa shape index (κ3) is 4.53. The van der Waals surface area contributed by atoms with Gasteiger partial charge in [-0.25, -0.2) is 13.1 Å². The van der Waals surface area contributed by atoms with Gasteiger partial charge < -0.3 is 5.32 Å². The van der Waals surface area contributed by atoms with Crippen LogP contribution in [0.25, 0.3) is 0 Å². The van der Waals surface area contributed by atoms with Crippen molar-refractivity contribution in [1.82, 2.24) is 10.0 Å². The first-order chi connectivity index (χ1) is 10.0. The predicted molar refractivity (Wildman–Crippen MR) is 85.9 cm³/mol. The van der Waals surface area contributed by atoms with Gasteiger partial charge in [0.15, 0.2) is 0 Å². The van der Waals surface area contributed by atoms with Crippen molar-refractivity contribution in [3.05, 3.63) is 29.8 Å². The van der Waals surface area contributed by atoms with Gasteiger partial charge in [-0.2, -0.15) is 0 Å². The van der Waals surface area contributed by atoms with E-state index in [9.17, 15) is 8.42 Å². The van der Waals surface area contributed by atoms with E-state index in [0.29, 0.717) is 4.90 Å². The van der Waals surface area contributed by atoms with E-state index in [0.717, 1.165) is 32.2 Å². The number of hydrogen-bond acceptors (Lipinski definition) is 3. The maximum Gasteiger partial charge on any atom is 0.240 e. The summed E-state index contributed by atoms with van der Waals surface area (Å²) in [7, 11) is -3.43. The molecule has 0 saturated carbocycles. The predicted octanol–water partition coefficient (Wildman–Crippen LogP) is 2.45. The smallest absolute Gasteiger partial charge is 0.240 e. The Morgan fingerprint density at radius 3 is 2.57 bits per heavy atom. The van der Waals surface area contributed by atoms with Gasteiger partial charge in [0.05, 0.1) is 4.90 Å². The summed E-state index contributed by atoms with van der Waals surface area (Å²) in [4.78, 5) is 0.352. The van der Waals surface area contributed by atoms with Crippen LogP contribution in [0.2, 0.25) is 0 Å². The monoisotopic (exact) mass is 310 g/mol. The lowest BCUT2D eigenvalue weighted by atomic mass is 10.00. The topological polar surface area (TPSA) is 58.2 Å². The highest BCUT2D eigenvalue weighted by Crippen LogP contribution is 2.15. The zero-order valence-corrected chi connectivity index (χ0v) is 13.7. The van der Waals surface area contributed by atoms with Crippen LogP contribution < -0.4 is 10.0 Å². The zero-order chi connectivity index (χ0) is 15.3. The molecule has 1 heterocycles. The van der Waals surface area contributed by atoms with Crippen molar-refractivity contribution in [1.29, 1.82) is 0 Å². The number of benzene rings is 1. The summed E-state index contributed by atoms with van der Waals surface area (Å²) in [6, 6.07) is 7.35. The van der Waals surface area contributed by atoms with Gasteiger partial charge in [0.2, 0.25) is 10.0 Å². The summed E-state index contributed by atoms with van der Waals surface area (Å²) in [5, 5.41) is 3.39. The van der Waals surface area contributed by atoms with Crippen molar-refractivity contribution in [3.63, 3.8) is 0 Å². The van der Waals surface area contributed by atoms with Crippen molar-refractivity contribution in [2.75, 3.05) is 6.54 Å². The largest absolute Gasteiger partial charge is 0.312 e. The quantitative estimate of drug-likeness (QED) is 0.848. The molecule has 2 unspecified atom stereocenters. The molecule has 2 atom stereocenters. The Morgan fingerprint density at radius 2 is 2.00 bits per heavy atom. The summed E-state index contributed by atoms with van der Waals surface area (Å²) < 4.78 is 27.6. The highest BCUT2D eigenvalue weighted by Gasteiger charge is 2.24. The molecule has 0 radical (unpaired) electrons. The van der Waals surface area contributed by atoms with Gasteiger partial charge in [-0.05, 0) is 50.4 Å². The maximum atomic E-state index is 12.4. The Balaban J connectivity index is 2.03. The fourth-order valence-corrected chi connectivity index (χ4v) is 4.11. The molecule has 0 aliphatic carbocycles. The molecule has 21 heavy (non-hydrogen) atoms. The lowest BCUT2D eigenvalue weighted by Gasteiger charge is -2.29. The Hall–Kier alpha value is -0.910. The second-order valence-corrected chi connectivity index (χ2v) is 7.57. The van der Waals surface area contributed by atoms with Crippen LogP contribution in [0.3, 0.4) is 0 Å². The third-order valence-corrected chi connectivity index (χ3v) is 5.64. The van der Waals surface area contributed by atoms with Gasteiger partial charge in [-0.3, -0.25) is 0 Å². The molecular weight excluding hydrogens is 284 g/mol. The molecule has 2 N–H and O–H groups in total. The first-order valence-corrected chi connectivity index (χ1v) is 9.36. The fourth-order valence-electron chi connectivity index (χ4n) is 2.82. The molecule has 0 amide bonds. The molecule has 1 saturated heterocycles. The van der Waals surface area contributed by atoms with Crippen LogP contribution >= 0.6 is 0 Å². The molecule has 1 aliphatic heterocycles. The van der Waals surface area contributed by atoms with Gasteiger partial charge in [0, 0.05) is 12.1 Å². The summed E-state index contributed by atoms with van der Waals surface area (Å²) in [6.45, 7) is 5.03. The van der Waals surface area contributed by atoms with E-state index < -0.39 is 10.0 Å². The van der Waals surface area contributed by atoms with E-state index in [1.165, 1.54) is 12.0 Å². The van der Waals surface area contributed by atoms with Crippen LogP contribution in [0.4, 0.5) is 0 Å². The summed E-state index contributed by atoms with van der Waals surface area (Å²) in [5.74, 6) is 0. The Kier molecular flexibility index (Phi) is 5.79. The number of sulfonamides is 1. The van der Waals surface area contributed by atoms with Crippen LogP contribution in [0.5, 0.6) is 0 Å². The molecule has 0 bridgehead atoms. The van der Waals surface area contributed by atoms with Gasteiger partial charge in [0.25, 0.3) is 0 Å². The van der Waals surface area contributed by atoms with Gasteiger partial charge in [-0.15, -0.1) is 0 Å². The number of nitrogens with one attached hydrogen (secondary N) is 2. The number of piperidine rings is 1. The average Bonchev–Trinajstić information content (AvgIpc) is 2.48. The minimum Gasteiger partial charge on any atom is -0.312 e. The molecule has 1 fully saturated rings. The second kappa shape index (κ2) is 7.38. The Morgan fingerprint density at radius 1 is 1.29 bits per heavy atom. The van der Waals surface area contributed by atoms with E-state index in [1.807, 2.05) is 19.1 Å². The lowest BCUT2D eigenvalue weighted by molar-refractivity contribution is 0.347. The molecule has 0 aromatic heterocycles. The Bertz CT molecular complexity index is 534. The van der Waals surface area contributed by atoms with Crippen LogP contribution in [0.15, 0.2) is 29.2 Å². The van der Waals surface area contributed by atoms with E-state index >= 15 is 0 Å². The van der Waals surface area contributed by atoms with E-state index in [4.69, 9.17) is 0 Å². The standard InChI is InChI=1S/C16H26N2O2S/c1-3-6-14-8-10-15(11-9-14)21(19,20)18-13(2)16-7-4-5-12-17-16/h8-11,13,16-18H,3-7,12H2,1-2H3. The van der Waals surface area contributed by atoms with Gasteiger partial charge in [-0.1, -0.05) is 31.9 Å². The van der Waals surface area contributed by atoms with Crippen LogP contribution in [-0.2, 0) is 16.4 Å². The zero-order valence-electron chi connectivity index (χ0n) is 12.9. The highest BCUT2D eigenvalue weighted by molar-refractivity contribution is 7.89. The molecule has 118 valence electrons. The minimum absolute atomic E-state index is 0.0920. The highest BCUT2D eigenvalue weighted by atomic mass is 32.2. The molecule has 0 spiro atoms. The van der Waals surface area contributed by atoms with Crippen molar-refractivity contribution in [2.24, 2.45) is 0 Å². The van der Waals surface area contributed by atoms with Gasteiger partial charge >= 0.3 is 0 Å². The molecular formula is C16H26N2O2S. The lowest BCUT2D eigenvalue weighted by Crippen LogP contribution is -2.50. The van der Waals surface area contributed by atoms with E-state index in [1.54, 1.807) is 12.1 Å². The van der Waals surface area contributed by atoms with Crippen LogP contribution in [0, 0.1) is 0 Å². The Labute approximate surface area is 128 Å². The molecule has 5 heteroatoms. The molecule has 1 aromatic carbocycles. The van der Waals surface area contributed by atoms with Crippen molar-refractivity contribution >= 4 is 10.0 Å². The van der Waals surface area contributed by atoms with E-state index in [-0.39, 0.29) is 12.1 Å². The maximum absolute atomic E-state index is 12.4. The first-order valence-electron chi connectivity index (χ1n) is 7.87. The van der Waals surface area contributed by atoms with Crippen molar-refractivity contribution < 1.29 is 8.42 Å². The fraction of sp³-hybridized carbons (Fsp3) is 0.625. The SMILES string of the molecule is CCCc1ccc(S(=O)(=O)NC(C)C2CCCCN2)cc1.